The molecule has 3 nitrogen and oxygen atoms in total. The van der Waals surface area contributed by atoms with Crippen molar-refractivity contribution >= 4 is 38.9 Å². The predicted octanol–water partition coefficient (Wildman–Crippen LogP) is 2.78. The summed E-state index contributed by atoms with van der Waals surface area (Å²) in [6, 6.07) is 7.96. The van der Waals surface area contributed by atoms with Crippen LogP contribution < -0.4 is 10.2 Å². The van der Waals surface area contributed by atoms with Crippen LogP contribution in [0.15, 0.2) is 34.1 Å². The second-order valence-electron chi connectivity index (χ2n) is 5.35. The van der Waals surface area contributed by atoms with Crippen LogP contribution in [-0.4, -0.2) is 19.5 Å². The Morgan fingerprint density at radius 3 is 2.67 bits per heavy atom. The second-order valence-corrected chi connectivity index (χ2v) is 7.20. The fourth-order valence-corrected chi connectivity index (χ4v) is 3.39. The van der Waals surface area contributed by atoms with Gasteiger partial charge in [-0.25, -0.2) is 0 Å². The first-order valence-electron chi connectivity index (χ1n) is 6.86. The Labute approximate surface area is 138 Å². The SMILES string of the molecule is Cc1cc(NC(=O)C[NH+](C)Cc2sccc2C)ccc1Br. The van der Waals surface area contributed by atoms with E-state index in [9.17, 15) is 4.79 Å². The van der Waals surface area contributed by atoms with Crippen molar-refractivity contribution in [2.24, 2.45) is 0 Å². The Kier molecular flexibility index (Phi) is 5.56. The number of carbonyl (C=O) groups excluding carboxylic acids is 1. The molecule has 1 heterocycles. The Morgan fingerprint density at radius 1 is 1.29 bits per heavy atom. The summed E-state index contributed by atoms with van der Waals surface area (Å²) in [5.41, 5.74) is 3.27. The normalized spacial score (nSPS) is 12.2. The van der Waals surface area contributed by atoms with E-state index >= 15 is 0 Å². The van der Waals surface area contributed by atoms with E-state index < -0.39 is 0 Å². The van der Waals surface area contributed by atoms with Crippen molar-refractivity contribution in [3.63, 3.8) is 0 Å². The molecular formula is C16H20BrN2OS+. The third-order valence-electron chi connectivity index (χ3n) is 3.33. The first-order valence-corrected chi connectivity index (χ1v) is 8.53. The van der Waals surface area contributed by atoms with Gasteiger partial charge in [-0.3, -0.25) is 4.79 Å². The number of anilines is 1. The Bertz CT molecular complexity index is 639. The zero-order chi connectivity index (χ0) is 15.4. The summed E-state index contributed by atoms with van der Waals surface area (Å²) >= 11 is 5.21. The van der Waals surface area contributed by atoms with Crippen molar-refractivity contribution in [2.75, 3.05) is 18.9 Å². The van der Waals surface area contributed by atoms with Gasteiger partial charge >= 0.3 is 0 Å². The van der Waals surface area contributed by atoms with E-state index in [0.29, 0.717) is 6.54 Å². The maximum Gasteiger partial charge on any atom is 0.279 e. The molecule has 0 aliphatic heterocycles. The molecule has 1 aromatic carbocycles. The van der Waals surface area contributed by atoms with Crippen molar-refractivity contribution in [3.8, 4) is 0 Å². The first kappa shape index (κ1) is 16.2. The van der Waals surface area contributed by atoms with Crippen LogP contribution in [0, 0.1) is 13.8 Å². The molecule has 21 heavy (non-hydrogen) atoms. The highest BCUT2D eigenvalue weighted by Crippen LogP contribution is 2.19. The van der Waals surface area contributed by atoms with Gasteiger partial charge in [0.2, 0.25) is 0 Å². The summed E-state index contributed by atoms with van der Waals surface area (Å²) in [5, 5.41) is 5.06. The van der Waals surface area contributed by atoms with Crippen LogP contribution in [0.4, 0.5) is 5.69 Å². The molecule has 0 saturated carbocycles. The molecule has 2 N–H and O–H groups in total. The van der Waals surface area contributed by atoms with Crippen molar-refractivity contribution < 1.29 is 9.69 Å². The number of hydrogen-bond donors (Lipinski definition) is 2. The molecule has 0 bridgehead atoms. The number of benzene rings is 1. The van der Waals surface area contributed by atoms with E-state index in [0.717, 1.165) is 22.3 Å². The molecule has 5 heteroatoms. The molecule has 2 rings (SSSR count). The molecule has 1 unspecified atom stereocenters. The number of thiophene rings is 1. The lowest BCUT2D eigenvalue weighted by atomic mass is 10.2. The minimum absolute atomic E-state index is 0.0448. The second kappa shape index (κ2) is 7.20. The van der Waals surface area contributed by atoms with Gasteiger partial charge in [0, 0.05) is 10.2 Å². The van der Waals surface area contributed by atoms with Gasteiger partial charge in [0.1, 0.15) is 6.54 Å². The lowest BCUT2D eigenvalue weighted by Crippen LogP contribution is -3.08. The van der Waals surface area contributed by atoms with Crippen molar-refractivity contribution in [2.45, 2.75) is 20.4 Å². The zero-order valence-corrected chi connectivity index (χ0v) is 14.9. The average Bonchev–Trinajstić information content (AvgIpc) is 2.79. The van der Waals surface area contributed by atoms with Gasteiger partial charge in [-0.15, -0.1) is 11.3 Å². The summed E-state index contributed by atoms with van der Waals surface area (Å²) in [4.78, 5) is 14.6. The Hall–Kier alpha value is -1.17. The van der Waals surface area contributed by atoms with Gasteiger partial charge in [0.15, 0.2) is 6.54 Å². The lowest BCUT2D eigenvalue weighted by molar-refractivity contribution is -0.884. The fraction of sp³-hybridized carbons (Fsp3) is 0.312. The minimum atomic E-state index is 0.0448. The Balaban J connectivity index is 1.89. The molecule has 2 aromatic rings. The molecule has 0 spiro atoms. The third-order valence-corrected chi connectivity index (χ3v) is 5.25. The average molecular weight is 368 g/mol. The van der Waals surface area contributed by atoms with E-state index in [2.05, 4.69) is 39.6 Å². The summed E-state index contributed by atoms with van der Waals surface area (Å²) < 4.78 is 1.05. The maximum absolute atomic E-state index is 12.1. The molecule has 0 aliphatic carbocycles. The summed E-state index contributed by atoms with van der Waals surface area (Å²) in [6.07, 6.45) is 0. The number of carbonyl (C=O) groups is 1. The maximum atomic E-state index is 12.1. The highest BCUT2D eigenvalue weighted by Gasteiger charge is 2.13. The molecule has 1 aromatic heterocycles. The van der Waals surface area contributed by atoms with E-state index in [1.54, 1.807) is 11.3 Å². The topological polar surface area (TPSA) is 33.5 Å². The first-order chi connectivity index (χ1) is 9.95. The monoisotopic (exact) mass is 367 g/mol. The number of halogens is 1. The molecular weight excluding hydrogens is 348 g/mol. The number of amides is 1. The van der Waals surface area contributed by atoms with E-state index in [1.165, 1.54) is 15.3 Å². The zero-order valence-electron chi connectivity index (χ0n) is 12.5. The van der Waals surface area contributed by atoms with Gasteiger partial charge in [0.25, 0.3) is 5.91 Å². The van der Waals surface area contributed by atoms with Crippen molar-refractivity contribution in [3.05, 3.63) is 50.1 Å². The van der Waals surface area contributed by atoms with E-state index in [4.69, 9.17) is 0 Å². The van der Waals surface area contributed by atoms with Crippen LogP contribution in [0.2, 0.25) is 0 Å². The van der Waals surface area contributed by atoms with Gasteiger partial charge < -0.3 is 10.2 Å². The van der Waals surface area contributed by atoms with Crippen LogP contribution >= 0.6 is 27.3 Å². The smallest absolute Gasteiger partial charge is 0.279 e. The molecule has 0 aliphatic rings. The van der Waals surface area contributed by atoms with Crippen molar-refractivity contribution in [1.82, 2.24) is 0 Å². The third kappa shape index (κ3) is 4.66. The van der Waals surface area contributed by atoms with E-state index in [1.807, 2.05) is 32.2 Å². The largest absolute Gasteiger partial charge is 0.325 e. The minimum Gasteiger partial charge on any atom is -0.325 e. The molecule has 0 fully saturated rings. The summed E-state index contributed by atoms with van der Waals surface area (Å²) in [5.74, 6) is 0.0448. The highest BCUT2D eigenvalue weighted by molar-refractivity contribution is 9.10. The summed E-state index contributed by atoms with van der Waals surface area (Å²) in [6.45, 7) is 5.48. The van der Waals surface area contributed by atoms with Crippen LogP contribution in [0.3, 0.4) is 0 Å². The van der Waals surface area contributed by atoms with Crippen LogP contribution in [0.1, 0.15) is 16.0 Å². The number of quaternary nitrogens is 1. The number of hydrogen-bond acceptors (Lipinski definition) is 2. The van der Waals surface area contributed by atoms with Gasteiger partial charge in [-0.1, -0.05) is 15.9 Å². The van der Waals surface area contributed by atoms with Crippen LogP contribution in [0.25, 0.3) is 0 Å². The van der Waals surface area contributed by atoms with Crippen LogP contribution in [-0.2, 0) is 11.3 Å². The fourth-order valence-electron chi connectivity index (χ4n) is 2.12. The molecule has 112 valence electrons. The lowest BCUT2D eigenvalue weighted by Gasteiger charge is -2.14. The number of likely N-dealkylation sites (N-methyl/N-ethyl adjacent to an activating group) is 1. The van der Waals surface area contributed by atoms with E-state index in [-0.39, 0.29) is 5.91 Å². The highest BCUT2D eigenvalue weighted by atomic mass is 79.9. The molecule has 1 amide bonds. The molecule has 0 saturated heterocycles. The number of rotatable bonds is 5. The standard InChI is InChI=1S/C16H19BrN2OS/c1-11-6-7-21-15(11)9-19(3)10-16(20)18-13-4-5-14(17)12(2)8-13/h4-8H,9-10H2,1-3H3,(H,18,20)/p+1. The van der Waals surface area contributed by atoms with Gasteiger partial charge in [-0.05, 0) is 54.6 Å². The van der Waals surface area contributed by atoms with Crippen LogP contribution in [0.5, 0.6) is 0 Å². The van der Waals surface area contributed by atoms with Crippen molar-refractivity contribution in [1.29, 1.82) is 0 Å². The predicted molar refractivity (Wildman–Crippen MR) is 92.0 cm³/mol. The van der Waals surface area contributed by atoms with Gasteiger partial charge in [-0.2, -0.15) is 0 Å². The quantitative estimate of drug-likeness (QED) is 0.836. The molecule has 0 radical (unpaired) electrons. The number of nitrogens with one attached hydrogen (secondary N) is 2. The number of aryl methyl sites for hydroxylation is 2. The summed E-state index contributed by atoms with van der Waals surface area (Å²) in [7, 11) is 2.05. The van der Waals surface area contributed by atoms with Gasteiger partial charge in [0.05, 0.1) is 11.9 Å². The Morgan fingerprint density at radius 2 is 2.05 bits per heavy atom. The molecule has 1 atom stereocenters.